The van der Waals surface area contributed by atoms with Gasteiger partial charge in [0.15, 0.2) is 0 Å². The van der Waals surface area contributed by atoms with E-state index in [1.165, 1.54) is 29.8 Å². The van der Waals surface area contributed by atoms with Crippen molar-refractivity contribution < 1.29 is 9.90 Å². The molecule has 0 saturated heterocycles. The molecule has 1 heterocycles. The molecule has 214 valence electrons. The van der Waals surface area contributed by atoms with Crippen molar-refractivity contribution in [2.45, 2.75) is 105 Å². The molecule has 1 N–H and O–H groups in total. The fraction of sp³-hybridized carbons (Fsp3) is 0.694. The zero-order valence-electron chi connectivity index (χ0n) is 25.7. The summed E-state index contributed by atoms with van der Waals surface area (Å²) in [7, 11) is 0. The second kappa shape index (κ2) is 8.19. The second-order valence-electron chi connectivity index (χ2n) is 16.0. The van der Waals surface area contributed by atoms with Gasteiger partial charge >= 0.3 is 5.97 Å². The molecule has 0 amide bonds. The number of carbonyl (C=O) groups is 1. The quantitative estimate of drug-likeness (QED) is 0.369. The van der Waals surface area contributed by atoms with Gasteiger partial charge in [-0.3, -0.25) is 4.79 Å². The Morgan fingerprint density at radius 1 is 0.900 bits per heavy atom. The van der Waals surface area contributed by atoms with E-state index in [9.17, 15) is 9.90 Å². The van der Waals surface area contributed by atoms with Crippen LogP contribution in [-0.4, -0.2) is 21.0 Å². The summed E-state index contributed by atoms with van der Waals surface area (Å²) in [4.78, 5) is 23.5. The first kappa shape index (κ1) is 26.7. The zero-order valence-corrected chi connectivity index (χ0v) is 25.7. The van der Waals surface area contributed by atoms with Gasteiger partial charge in [-0.25, -0.2) is 9.97 Å². The molecule has 3 saturated carbocycles. The van der Waals surface area contributed by atoms with Crippen molar-refractivity contribution in [2.24, 2.45) is 51.2 Å². The van der Waals surface area contributed by atoms with E-state index in [0.717, 1.165) is 49.6 Å². The van der Waals surface area contributed by atoms with Crippen LogP contribution in [0.25, 0.3) is 11.0 Å². The van der Waals surface area contributed by atoms with E-state index < -0.39 is 11.4 Å². The van der Waals surface area contributed by atoms with Crippen LogP contribution < -0.4 is 0 Å². The SMILES string of the molecule is C[C@H]1[C@H](C)CC[C@]2(C(=O)O)CC[C@]3(C)C(=CC[C@@H]4[C@@]5(C)Cc6nc7ccccc7nc6C(C)(C)[C@@H]5CC[C@]43C)[C@H]12. The number of carboxylic acid groups (broad SMARTS) is 1. The van der Waals surface area contributed by atoms with Crippen LogP contribution in [0.3, 0.4) is 0 Å². The van der Waals surface area contributed by atoms with E-state index in [1.54, 1.807) is 0 Å². The Labute approximate surface area is 240 Å². The van der Waals surface area contributed by atoms with Crippen molar-refractivity contribution >= 4 is 17.0 Å². The summed E-state index contributed by atoms with van der Waals surface area (Å²) in [5, 5.41) is 10.7. The number of fused-ring (bicyclic) bond motifs is 9. The fourth-order valence-electron chi connectivity index (χ4n) is 11.9. The van der Waals surface area contributed by atoms with Gasteiger partial charge in [-0.15, -0.1) is 0 Å². The van der Waals surface area contributed by atoms with Crippen LogP contribution in [0.4, 0.5) is 0 Å². The van der Waals surface area contributed by atoms with Crippen molar-refractivity contribution in [2.75, 3.05) is 0 Å². The number of para-hydroxylation sites is 2. The monoisotopic (exact) mass is 540 g/mol. The first-order valence-electron chi connectivity index (χ1n) is 16.0. The molecular weight excluding hydrogens is 492 g/mol. The van der Waals surface area contributed by atoms with E-state index >= 15 is 0 Å². The maximum atomic E-state index is 13.0. The van der Waals surface area contributed by atoms with Crippen LogP contribution in [0.2, 0.25) is 0 Å². The highest BCUT2D eigenvalue weighted by Gasteiger charge is 2.69. The summed E-state index contributed by atoms with van der Waals surface area (Å²) < 4.78 is 0. The molecule has 3 fully saturated rings. The van der Waals surface area contributed by atoms with Crippen LogP contribution in [0, 0.1) is 51.2 Å². The smallest absolute Gasteiger partial charge is 0.310 e. The summed E-state index contributed by atoms with van der Waals surface area (Å²) in [5.41, 5.74) is 5.64. The van der Waals surface area contributed by atoms with Gasteiger partial charge in [0.05, 0.1) is 27.8 Å². The van der Waals surface area contributed by atoms with Crippen molar-refractivity contribution in [3.05, 3.63) is 47.3 Å². The Bertz CT molecular complexity index is 1440. The third-order valence-electron chi connectivity index (χ3n) is 14.4. The molecule has 40 heavy (non-hydrogen) atoms. The van der Waals surface area contributed by atoms with Crippen molar-refractivity contribution in [1.82, 2.24) is 9.97 Å². The Kier molecular flexibility index (Phi) is 5.46. The molecule has 4 nitrogen and oxygen atoms in total. The van der Waals surface area contributed by atoms with E-state index in [-0.39, 0.29) is 27.6 Å². The third-order valence-corrected chi connectivity index (χ3v) is 14.4. The van der Waals surface area contributed by atoms with E-state index in [0.29, 0.717) is 23.7 Å². The van der Waals surface area contributed by atoms with Crippen LogP contribution in [0.15, 0.2) is 35.9 Å². The standard InChI is InChI=1S/C36H48N2O2/c1-21-14-17-36(31(39)40)19-18-34(6)23(29(36)22(21)2)12-13-28-33(5)20-26-30(38-25-11-9-8-10-24(25)37-26)32(3,4)27(33)15-16-35(28,34)7/h8-12,21-22,27-29H,13-20H2,1-7H3,(H,39,40)/t21-,22+,27+,28-,29+,33+,34-,35-,36+/m1/s1. The normalized spacial score (nSPS) is 45.3. The Hall–Kier alpha value is -2.23. The van der Waals surface area contributed by atoms with E-state index in [4.69, 9.17) is 9.97 Å². The lowest BCUT2D eigenvalue weighted by molar-refractivity contribution is -0.179. The van der Waals surface area contributed by atoms with Crippen LogP contribution in [0.1, 0.15) is 105 Å². The number of hydrogen-bond donors (Lipinski definition) is 1. The number of rotatable bonds is 1. The minimum absolute atomic E-state index is 0.0378. The predicted molar refractivity (Wildman–Crippen MR) is 160 cm³/mol. The Morgan fingerprint density at radius 2 is 1.60 bits per heavy atom. The fourth-order valence-corrected chi connectivity index (χ4v) is 11.9. The van der Waals surface area contributed by atoms with Crippen molar-refractivity contribution in [1.29, 1.82) is 0 Å². The first-order chi connectivity index (χ1) is 18.8. The molecule has 0 bridgehead atoms. The average molecular weight is 541 g/mol. The first-order valence-corrected chi connectivity index (χ1v) is 16.0. The summed E-state index contributed by atoms with van der Waals surface area (Å²) in [6.45, 7) is 17.3. The summed E-state index contributed by atoms with van der Waals surface area (Å²) in [6.07, 6.45) is 10.8. The second-order valence-corrected chi connectivity index (χ2v) is 16.0. The highest BCUT2D eigenvalue weighted by Crippen LogP contribution is 2.75. The number of benzene rings is 1. The molecule has 0 radical (unpaired) electrons. The number of aromatic nitrogens is 2. The molecular formula is C36H48N2O2. The Balaban J connectivity index is 1.36. The summed E-state index contributed by atoms with van der Waals surface area (Å²) >= 11 is 0. The lowest BCUT2D eigenvalue weighted by atomic mass is 9.33. The van der Waals surface area contributed by atoms with Gasteiger partial charge in [0.2, 0.25) is 0 Å². The molecule has 7 rings (SSSR count). The van der Waals surface area contributed by atoms with Gasteiger partial charge in [-0.2, -0.15) is 0 Å². The number of carboxylic acids is 1. The van der Waals surface area contributed by atoms with Gasteiger partial charge < -0.3 is 5.11 Å². The van der Waals surface area contributed by atoms with Gasteiger partial charge in [-0.1, -0.05) is 72.2 Å². The van der Waals surface area contributed by atoms with Crippen LogP contribution in [-0.2, 0) is 16.6 Å². The molecule has 5 aliphatic carbocycles. The zero-order chi connectivity index (χ0) is 28.5. The van der Waals surface area contributed by atoms with E-state index in [2.05, 4.69) is 78.8 Å². The van der Waals surface area contributed by atoms with Gasteiger partial charge in [0.1, 0.15) is 0 Å². The molecule has 0 spiro atoms. The minimum atomic E-state index is -0.579. The summed E-state index contributed by atoms with van der Waals surface area (Å²) in [5.74, 6) is 1.70. The number of nitrogens with zero attached hydrogens (tertiary/aromatic N) is 2. The van der Waals surface area contributed by atoms with Crippen LogP contribution >= 0.6 is 0 Å². The maximum absolute atomic E-state index is 13.0. The molecule has 0 unspecified atom stereocenters. The van der Waals surface area contributed by atoms with Crippen LogP contribution in [0.5, 0.6) is 0 Å². The maximum Gasteiger partial charge on any atom is 0.310 e. The van der Waals surface area contributed by atoms with Crippen molar-refractivity contribution in [3.8, 4) is 0 Å². The molecule has 2 aromatic rings. The number of aliphatic carboxylic acids is 1. The predicted octanol–water partition coefficient (Wildman–Crippen LogP) is 8.39. The van der Waals surface area contributed by atoms with Gasteiger partial charge in [0, 0.05) is 5.41 Å². The topological polar surface area (TPSA) is 63.1 Å². The molecule has 1 aromatic heterocycles. The van der Waals surface area contributed by atoms with E-state index in [1.807, 2.05) is 0 Å². The largest absolute Gasteiger partial charge is 0.481 e. The molecule has 5 aliphatic rings. The molecule has 1 aromatic carbocycles. The average Bonchev–Trinajstić information content (AvgIpc) is 2.90. The minimum Gasteiger partial charge on any atom is -0.481 e. The van der Waals surface area contributed by atoms with Gasteiger partial charge in [-0.05, 0) is 109 Å². The lowest BCUT2D eigenvalue weighted by Crippen LogP contribution is -2.65. The number of allylic oxidation sites excluding steroid dienone is 2. The molecule has 4 heteroatoms. The van der Waals surface area contributed by atoms with Crippen molar-refractivity contribution in [3.63, 3.8) is 0 Å². The molecule has 0 aliphatic heterocycles. The Morgan fingerprint density at radius 3 is 2.30 bits per heavy atom. The highest BCUT2D eigenvalue weighted by molar-refractivity contribution is 5.77. The third kappa shape index (κ3) is 3.07. The molecule has 9 atom stereocenters. The summed E-state index contributed by atoms with van der Waals surface area (Å²) in [6, 6.07) is 8.35. The lowest BCUT2D eigenvalue weighted by Gasteiger charge is -2.70. The van der Waals surface area contributed by atoms with Gasteiger partial charge in [0.25, 0.3) is 0 Å². The highest BCUT2D eigenvalue weighted by atomic mass is 16.4. The number of hydrogen-bond acceptors (Lipinski definition) is 3.